The second kappa shape index (κ2) is 10.6. The Hall–Kier alpha value is -3.89. The molecule has 2 aromatic heterocycles. The molecule has 0 radical (unpaired) electrons. The van der Waals surface area contributed by atoms with Gasteiger partial charge in [0.2, 0.25) is 0 Å². The second-order valence-electron chi connectivity index (χ2n) is 9.99. The number of imide groups is 1. The Morgan fingerprint density at radius 3 is 1.81 bits per heavy atom. The van der Waals surface area contributed by atoms with Crippen molar-refractivity contribution in [2.45, 2.75) is 51.6 Å². The molecule has 2 amide bonds. The van der Waals surface area contributed by atoms with E-state index in [1.807, 2.05) is 24.5 Å². The Balaban J connectivity index is 1.37. The molecule has 2 aliphatic rings. The maximum absolute atomic E-state index is 12.8. The van der Waals surface area contributed by atoms with Gasteiger partial charge in [-0.15, -0.1) is 0 Å². The number of benzene rings is 1. The lowest BCUT2D eigenvalue weighted by Crippen LogP contribution is -2.41. The van der Waals surface area contributed by atoms with Gasteiger partial charge in [0.25, 0.3) is 11.8 Å². The number of amides is 2. The van der Waals surface area contributed by atoms with Crippen molar-refractivity contribution in [1.82, 2.24) is 19.8 Å². The first-order valence-corrected chi connectivity index (χ1v) is 12.9. The molecule has 4 heterocycles. The third kappa shape index (κ3) is 4.77. The predicted molar refractivity (Wildman–Crippen MR) is 140 cm³/mol. The fourth-order valence-corrected chi connectivity index (χ4v) is 5.78. The summed E-state index contributed by atoms with van der Waals surface area (Å²) < 4.78 is 0. The van der Waals surface area contributed by atoms with Gasteiger partial charge in [0.05, 0.1) is 46.6 Å². The van der Waals surface area contributed by atoms with Crippen molar-refractivity contribution >= 4 is 11.8 Å². The first-order valence-electron chi connectivity index (χ1n) is 12.9. The molecule has 37 heavy (non-hydrogen) atoms. The third-order valence-corrected chi connectivity index (χ3v) is 7.66. The molecule has 2 aliphatic heterocycles. The Kier molecular flexibility index (Phi) is 7.11. The van der Waals surface area contributed by atoms with Crippen molar-refractivity contribution < 1.29 is 9.59 Å². The standard InChI is InChI=1S/C30H31N5O2/c1-20-9-7-13-32-27(20)25-17-22(19-31)18-26(28-21(2)10-8-14-33-28)34(25)15-5-6-16-35-29(36)23-11-3-4-12-24(23)30(35)37/h3-4,7-14,22,25-26H,5-6,15-18H2,1-2H3/t22?,25-,26+. The zero-order valence-electron chi connectivity index (χ0n) is 21.3. The van der Waals surface area contributed by atoms with Crippen LogP contribution in [-0.2, 0) is 0 Å². The van der Waals surface area contributed by atoms with Crippen molar-refractivity contribution in [2.75, 3.05) is 13.1 Å². The van der Waals surface area contributed by atoms with Gasteiger partial charge >= 0.3 is 0 Å². The lowest BCUT2D eigenvalue weighted by Gasteiger charge is -2.44. The zero-order valence-corrected chi connectivity index (χ0v) is 21.3. The fourth-order valence-electron chi connectivity index (χ4n) is 5.78. The van der Waals surface area contributed by atoms with E-state index in [-0.39, 0.29) is 29.8 Å². The molecule has 1 unspecified atom stereocenters. The van der Waals surface area contributed by atoms with Gasteiger partial charge in [0, 0.05) is 18.9 Å². The van der Waals surface area contributed by atoms with E-state index in [0.717, 1.165) is 48.3 Å². The van der Waals surface area contributed by atoms with Crippen LogP contribution in [-0.4, -0.2) is 44.7 Å². The van der Waals surface area contributed by atoms with Gasteiger partial charge in [-0.3, -0.25) is 29.4 Å². The maximum atomic E-state index is 12.8. The highest BCUT2D eigenvalue weighted by Crippen LogP contribution is 2.44. The smallest absolute Gasteiger partial charge is 0.261 e. The topological polar surface area (TPSA) is 90.2 Å². The maximum Gasteiger partial charge on any atom is 0.261 e. The third-order valence-electron chi connectivity index (χ3n) is 7.66. The fraction of sp³-hybridized carbons (Fsp3) is 0.367. The van der Waals surface area contributed by atoms with Crippen LogP contribution in [0.4, 0.5) is 0 Å². The number of likely N-dealkylation sites (tertiary alicyclic amines) is 1. The molecule has 0 aliphatic carbocycles. The Morgan fingerprint density at radius 1 is 0.811 bits per heavy atom. The van der Waals surface area contributed by atoms with E-state index in [0.29, 0.717) is 24.1 Å². The first-order chi connectivity index (χ1) is 18.0. The van der Waals surface area contributed by atoms with Crippen LogP contribution in [0.3, 0.4) is 0 Å². The Labute approximate surface area is 217 Å². The van der Waals surface area contributed by atoms with Gasteiger partial charge in [-0.25, -0.2) is 0 Å². The van der Waals surface area contributed by atoms with Crippen LogP contribution in [0.5, 0.6) is 0 Å². The number of rotatable bonds is 7. The van der Waals surface area contributed by atoms with Gasteiger partial charge in [0.1, 0.15) is 0 Å². The number of piperidine rings is 1. The molecule has 188 valence electrons. The molecule has 7 heteroatoms. The highest BCUT2D eigenvalue weighted by atomic mass is 16.2. The number of aromatic nitrogens is 2. The van der Waals surface area contributed by atoms with E-state index in [2.05, 4.69) is 36.9 Å². The summed E-state index contributed by atoms with van der Waals surface area (Å²) in [5.74, 6) is -0.508. The molecule has 0 saturated carbocycles. The van der Waals surface area contributed by atoms with Crippen LogP contribution in [0.2, 0.25) is 0 Å². The predicted octanol–water partition coefficient (Wildman–Crippen LogP) is 5.19. The Morgan fingerprint density at radius 2 is 1.32 bits per heavy atom. The van der Waals surface area contributed by atoms with E-state index in [9.17, 15) is 14.9 Å². The van der Waals surface area contributed by atoms with Crippen molar-refractivity contribution in [3.05, 3.63) is 94.6 Å². The van der Waals surface area contributed by atoms with E-state index < -0.39 is 0 Å². The average molecular weight is 494 g/mol. The van der Waals surface area contributed by atoms with Crippen LogP contribution in [0.1, 0.15) is 81.0 Å². The number of pyridine rings is 2. The summed E-state index contributed by atoms with van der Waals surface area (Å²) in [4.78, 5) is 38.8. The number of carbonyl (C=O) groups is 2. The van der Waals surface area contributed by atoms with Crippen LogP contribution in [0.25, 0.3) is 0 Å². The normalized spacial score (nSPS) is 21.6. The molecule has 7 nitrogen and oxygen atoms in total. The summed E-state index contributed by atoms with van der Waals surface area (Å²) >= 11 is 0. The van der Waals surface area contributed by atoms with E-state index >= 15 is 0 Å². The van der Waals surface area contributed by atoms with E-state index in [1.165, 1.54) is 4.90 Å². The molecular formula is C30H31N5O2. The Bertz CT molecular complexity index is 1270. The van der Waals surface area contributed by atoms with Crippen molar-refractivity contribution in [2.24, 2.45) is 5.92 Å². The summed E-state index contributed by atoms with van der Waals surface area (Å²) in [5.41, 5.74) is 5.20. The van der Waals surface area contributed by atoms with Gasteiger partial charge < -0.3 is 0 Å². The highest BCUT2D eigenvalue weighted by molar-refractivity contribution is 6.21. The molecule has 0 N–H and O–H groups in total. The molecule has 1 fully saturated rings. The summed E-state index contributed by atoms with van der Waals surface area (Å²) in [6.07, 6.45) is 6.57. The van der Waals surface area contributed by atoms with Gasteiger partial charge in [-0.05, 0) is 81.5 Å². The first kappa shape index (κ1) is 24.8. The number of fused-ring (bicyclic) bond motifs is 1. The molecule has 1 aromatic carbocycles. The SMILES string of the molecule is Cc1cccnc1[C@H]1CC(C#N)C[C@@H](c2ncccc2C)N1CCCCN1C(=O)c2ccccc2C1=O. The lowest BCUT2D eigenvalue weighted by atomic mass is 9.82. The van der Waals surface area contributed by atoms with E-state index in [4.69, 9.17) is 9.97 Å². The number of unbranched alkanes of at least 4 members (excludes halogenated alkanes) is 1. The monoisotopic (exact) mass is 493 g/mol. The van der Waals surface area contributed by atoms with Gasteiger partial charge in [-0.2, -0.15) is 5.26 Å². The molecule has 0 bridgehead atoms. The minimum atomic E-state index is -0.209. The lowest BCUT2D eigenvalue weighted by molar-refractivity contribution is 0.0540. The van der Waals surface area contributed by atoms with Crippen molar-refractivity contribution in [3.8, 4) is 6.07 Å². The summed E-state index contributed by atoms with van der Waals surface area (Å²) in [5, 5.41) is 9.93. The van der Waals surface area contributed by atoms with Crippen molar-refractivity contribution in [3.63, 3.8) is 0 Å². The molecular weight excluding hydrogens is 462 g/mol. The average Bonchev–Trinajstić information content (AvgIpc) is 3.16. The van der Waals surface area contributed by atoms with Crippen LogP contribution in [0, 0.1) is 31.1 Å². The zero-order chi connectivity index (χ0) is 25.9. The minimum Gasteiger partial charge on any atom is -0.286 e. The molecule has 0 spiro atoms. The molecule has 1 saturated heterocycles. The molecule has 3 aromatic rings. The summed E-state index contributed by atoms with van der Waals surface area (Å²) in [6.45, 7) is 5.28. The largest absolute Gasteiger partial charge is 0.286 e. The number of hydrogen-bond donors (Lipinski definition) is 0. The molecule has 3 atom stereocenters. The van der Waals surface area contributed by atoms with Crippen LogP contribution < -0.4 is 0 Å². The summed E-state index contributed by atoms with van der Waals surface area (Å²) in [7, 11) is 0. The number of aryl methyl sites for hydroxylation is 2. The van der Waals surface area contributed by atoms with Gasteiger partial charge in [-0.1, -0.05) is 24.3 Å². The highest BCUT2D eigenvalue weighted by Gasteiger charge is 2.40. The van der Waals surface area contributed by atoms with E-state index in [1.54, 1.807) is 24.3 Å². The van der Waals surface area contributed by atoms with Crippen LogP contribution >= 0.6 is 0 Å². The van der Waals surface area contributed by atoms with Gasteiger partial charge in [0.15, 0.2) is 0 Å². The number of hydrogen-bond acceptors (Lipinski definition) is 6. The second-order valence-corrected chi connectivity index (χ2v) is 9.99. The minimum absolute atomic E-state index is 0.00897. The number of nitrogens with zero attached hydrogens (tertiary/aromatic N) is 5. The summed E-state index contributed by atoms with van der Waals surface area (Å²) in [6, 6.07) is 17.5. The van der Waals surface area contributed by atoms with Crippen molar-refractivity contribution in [1.29, 1.82) is 5.26 Å². The quantitative estimate of drug-likeness (QED) is 0.332. The van der Waals surface area contributed by atoms with Crippen LogP contribution in [0.15, 0.2) is 60.9 Å². The number of carbonyl (C=O) groups excluding carboxylic acids is 2. The molecule has 5 rings (SSSR count). The number of nitriles is 1.